The number of esters is 2. The fraction of sp³-hybridized carbons (Fsp3) is 0.538. The molecule has 0 atom stereocenters. The molecule has 20 heavy (non-hydrogen) atoms. The first-order chi connectivity index (χ1) is 9.65. The Kier molecular flexibility index (Phi) is 4.49. The lowest BCUT2D eigenvalue weighted by Gasteiger charge is -2.23. The van der Waals surface area contributed by atoms with Crippen molar-refractivity contribution < 1.29 is 19.1 Å². The number of hydrogen-bond donors (Lipinski definition) is 0. The highest BCUT2D eigenvalue weighted by Crippen LogP contribution is 2.27. The quantitative estimate of drug-likeness (QED) is 0.708. The third kappa shape index (κ3) is 3.04. The Morgan fingerprint density at radius 1 is 1.15 bits per heavy atom. The van der Waals surface area contributed by atoms with Crippen molar-refractivity contribution in [1.82, 2.24) is 9.97 Å². The Hall–Kier alpha value is -2.18. The standard InChI is InChI=1S/C13H17N3O4/c1-19-11(17)6-16(7-12(18)20-2)13-9-4-3-5-10(9)14-8-15-13/h8H,3-7H2,1-2H3. The maximum Gasteiger partial charge on any atom is 0.325 e. The first kappa shape index (κ1) is 14.2. The third-order valence-electron chi connectivity index (χ3n) is 3.25. The van der Waals surface area contributed by atoms with Crippen LogP contribution in [0.25, 0.3) is 0 Å². The zero-order chi connectivity index (χ0) is 14.5. The molecule has 0 radical (unpaired) electrons. The van der Waals surface area contributed by atoms with Crippen LogP contribution in [0.3, 0.4) is 0 Å². The van der Waals surface area contributed by atoms with Crippen LogP contribution >= 0.6 is 0 Å². The molecule has 1 aliphatic rings. The van der Waals surface area contributed by atoms with Gasteiger partial charge < -0.3 is 14.4 Å². The summed E-state index contributed by atoms with van der Waals surface area (Å²) in [6, 6.07) is 0. The zero-order valence-corrected chi connectivity index (χ0v) is 11.6. The topological polar surface area (TPSA) is 81.6 Å². The molecular formula is C13H17N3O4. The maximum absolute atomic E-state index is 11.5. The van der Waals surface area contributed by atoms with Crippen molar-refractivity contribution in [3.63, 3.8) is 0 Å². The molecule has 0 aliphatic heterocycles. The fourth-order valence-corrected chi connectivity index (χ4v) is 2.26. The summed E-state index contributed by atoms with van der Waals surface area (Å²) < 4.78 is 9.32. The number of fused-ring (bicyclic) bond motifs is 1. The molecule has 2 rings (SSSR count). The van der Waals surface area contributed by atoms with Gasteiger partial charge in [-0.25, -0.2) is 9.97 Å². The summed E-state index contributed by atoms with van der Waals surface area (Å²) in [5, 5.41) is 0. The summed E-state index contributed by atoms with van der Waals surface area (Å²) in [4.78, 5) is 33.0. The highest BCUT2D eigenvalue weighted by Gasteiger charge is 2.24. The van der Waals surface area contributed by atoms with Gasteiger partial charge in [0.1, 0.15) is 25.2 Å². The number of anilines is 1. The predicted octanol–water partition coefficient (Wildman–Crippen LogP) is 0.118. The second-order valence-electron chi connectivity index (χ2n) is 4.48. The van der Waals surface area contributed by atoms with Crippen LogP contribution in [0.1, 0.15) is 17.7 Å². The number of aromatic nitrogens is 2. The lowest BCUT2D eigenvalue weighted by Crippen LogP contribution is -2.37. The van der Waals surface area contributed by atoms with Crippen molar-refractivity contribution in [2.75, 3.05) is 32.2 Å². The molecule has 108 valence electrons. The molecule has 0 saturated carbocycles. The molecule has 0 fully saturated rings. The van der Waals surface area contributed by atoms with Crippen LogP contribution in [-0.2, 0) is 31.9 Å². The predicted molar refractivity (Wildman–Crippen MR) is 70.3 cm³/mol. The van der Waals surface area contributed by atoms with Crippen molar-refractivity contribution in [1.29, 1.82) is 0 Å². The minimum absolute atomic E-state index is 0.0466. The monoisotopic (exact) mass is 279 g/mol. The van der Waals surface area contributed by atoms with Crippen molar-refractivity contribution in [3.05, 3.63) is 17.6 Å². The summed E-state index contributed by atoms with van der Waals surface area (Å²) >= 11 is 0. The normalized spacial score (nSPS) is 12.7. The lowest BCUT2D eigenvalue weighted by molar-refractivity contribution is -0.140. The fourth-order valence-electron chi connectivity index (χ4n) is 2.26. The minimum Gasteiger partial charge on any atom is -0.468 e. The Morgan fingerprint density at radius 3 is 2.40 bits per heavy atom. The van der Waals surface area contributed by atoms with Gasteiger partial charge in [0.15, 0.2) is 0 Å². The van der Waals surface area contributed by atoms with Crippen molar-refractivity contribution in [2.24, 2.45) is 0 Å². The zero-order valence-electron chi connectivity index (χ0n) is 11.6. The molecule has 0 aromatic carbocycles. The number of methoxy groups -OCH3 is 2. The largest absolute Gasteiger partial charge is 0.468 e. The van der Waals surface area contributed by atoms with Crippen molar-refractivity contribution in [2.45, 2.75) is 19.3 Å². The molecule has 1 aromatic rings. The SMILES string of the molecule is COC(=O)CN(CC(=O)OC)c1ncnc2c1CCC2. The molecule has 0 N–H and O–H groups in total. The van der Waals surface area contributed by atoms with E-state index in [1.54, 1.807) is 4.90 Å². The van der Waals surface area contributed by atoms with E-state index in [9.17, 15) is 9.59 Å². The average Bonchev–Trinajstić information content (AvgIpc) is 2.94. The molecule has 0 bridgehead atoms. The first-order valence-electron chi connectivity index (χ1n) is 6.37. The van der Waals surface area contributed by atoms with E-state index in [1.807, 2.05) is 0 Å². The summed E-state index contributed by atoms with van der Waals surface area (Å²) in [6.07, 6.45) is 4.21. The average molecular weight is 279 g/mol. The number of aryl methyl sites for hydroxylation is 1. The van der Waals surface area contributed by atoms with E-state index < -0.39 is 11.9 Å². The number of carbonyl (C=O) groups excluding carboxylic acids is 2. The van der Waals surface area contributed by atoms with E-state index >= 15 is 0 Å². The smallest absolute Gasteiger partial charge is 0.325 e. The van der Waals surface area contributed by atoms with Gasteiger partial charge in [0.05, 0.1) is 14.2 Å². The Labute approximate surface area is 116 Å². The van der Waals surface area contributed by atoms with E-state index in [4.69, 9.17) is 0 Å². The second-order valence-corrected chi connectivity index (χ2v) is 4.48. The van der Waals surface area contributed by atoms with E-state index in [0.717, 1.165) is 30.5 Å². The Balaban J connectivity index is 2.28. The van der Waals surface area contributed by atoms with E-state index in [1.165, 1.54) is 20.5 Å². The van der Waals surface area contributed by atoms with Gasteiger partial charge in [0, 0.05) is 11.3 Å². The summed E-state index contributed by atoms with van der Waals surface area (Å²) in [5.41, 5.74) is 1.98. The summed E-state index contributed by atoms with van der Waals surface area (Å²) in [6.45, 7) is -0.0931. The number of ether oxygens (including phenoxy) is 2. The van der Waals surface area contributed by atoms with Gasteiger partial charge >= 0.3 is 11.9 Å². The molecule has 1 aromatic heterocycles. The Bertz CT molecular complexity index is 500. The number of rotatable bonds is 5. The molecular weight excluding hydrogens is 262 g/mol. The highest BCUT2D eigenvalue weighted by atomic mass is 16.5. The molecule has 1 aliphatic carbocycles. The molecule has 0 spiro atoms. The van der Waals surface area contributed by atoms with E-state index in [0.29, 0.717) is 5.82 Å². The van der Waals surface area contributed by atoms with Crippen LogP contribution in [0.4, 0.5) is 5.82 Å². The number of nitrogens with zero attached hydrogens (tertiary/aromatic N) is 3. The molecule has 0 saturated heterocycles. The molecule has 1 heterocycles. The van der Waals surface area contributed by atoms with Gasteiger partial charge in [-0.15, -0.1) is 0 Å². The van der Waals surface area contributed by atoms with E-state index in [2.05, 4.69) is 19.4 Å². The second kappa shape index (κ2) is 6.31. The van der Waals surface area contributed by atoms with Crippen LogP contribution in [-0.4, -0.2) is 49.2 Å². The third-order valence-corrected chi connectivity index (χ3v) is 3.25. The summed E-state index contributed by atoms with van der Waals surface area (Å²) in [7, 11) is 2.62. The van der Waals surface area contributed by atoms with E-state index in [-0.39, 0.29) is 13.1 Å². The van der Waals surface area contributed by atoms with Gasteiger partial charge in [-0.2, -0.15) is 0 Å². The van der Waals surface area contributed by atoms with Crippen LogP contribution in [0, 0.1) is 0 Å². The van der Waals surface area contributed by atoms with Gasteiger partial charge in [-0.1, -0.05) is 0 Å². The van der Waals surface area contributed by atoms with Crippen LogP contribution in [0.2, 0.25) is 0 Å². The molecule has 0 amide bonds. The maximum atomic E-state index is 11.5. The van der Waals surface area contributed by atoms with Gasteiger partial charge in [-0.05, 0) is 19.3 Å². The van der Waals surface area contributed by atoms with Crippen LogP contribution in [0.5, 0.6) is 0 Å². The molecule has 7 heteroatoms. The summed E-state index contributed by atoms with van der Waals surface area (Å²) in [5.74, 6) is -0.248. The van der Waals surface area contributed by atoms with Gasteiger partial charge in [0.2, 0.25) is 0 Å². The van der Waals surface area contributed by atoms with Crippen molar-refractivity contribution >= 4 is 17.8 Å². The molecule has 0 unspecified atom stereocenters. The molecule has 7 nitrogen and oxygen atoms in total. The van der Waals surface area contributed by atoms with Crippen LogP contribution in [0.15, 0.2) is 6.33 Å². The first-order valence-corrected chi connectivity index (χ1v) is 6.37. The lowest BCUT2D eigenvalue weighted by atomic mass is 10.2. The van der Waals surface area contributed by atoms with Gasteiger partial charge in [0.25, 0.3) is 0 Å². The van der Waals surface area contributed by atoms with Crippen molar-refractivity contribution in [3.8, 4) is 0 Å². The minimum atomic E-state index is -0.431. The van der Waals surface area contributed by atoms with Gasteiger partial charge in [-0.3, -0.25) is 9.59 Å². The van der Waals surface area contributed by atoms with Crippen LogP contribution < -0.4 is 4.90 Å². The number of carbonyl (C=O) groups is 2. The highest BCUT2D eigenvalue weighted by molar-refractivity contribution is 5.81. The number of hydrogen-bond acceptors (Lipinski definition) is 7. The Morgan fingerprint density at radius 2 is 1.80 bits per heavy atom.